The second kappa shape index (κ2) is 8.06. The molecular weight excluding hydrogens is 316 g/mol. The first kappa shape index (κ1) is 17.4. The van der Waals surface area contributed by atoms with E-state index in [0.717, 1.165) is 24.9 Å². The van der Waals surface area contributed by atoms with Crippen LogP contribution in [0.25, 0.3) is 0 Å². The number of nitrogens with two attached hydrogens (primary N) is 1. The van der Waals surface area contributed by atoms with E-state index in [9.17, 15) is 9.59 Å². The fourth-order valence-corrected chi connectivity index (χ4v) is 3.00. The Kier molecular flexibility index (Phi) is 6.10. The number of nitrogens with one attached hydrogen (secondary N) is 2. The Morgan fingerprint density at radius 2 is 2.26 bits per heavy atom. The van der Waals surface area contributed by atoms with Gasteiger partial charge in [-0.3, -0.25) is 0 Å². The highest BCUT2D eigenvalue weighted by Crippen LogP contribution is 2.19. The molecule has 126 valence electrons. The van der Waals surface area contributed by atoms with Gasteiger partial charge in [0.05, 0.1) is 6.04 Å². The zero-order chi connectivity index (χ0) is 16.8. The molecule has 1 aliphatic heterocycles. The Labute approximate surface area is 141 Å². The van der Waals surface area contributed by atoms with Gasteiger partial charge in [0, 0.05) is 24.7 Å². The van der Waals surface area contributed by atoms with Crippen LogP contribution in [0.1, 0.15) is 31.4 Å². The Hall–Kier alpha value is -1.95. The number of piperidine rings is 1. The van der Waals surface area contributed by atoms with Crippen LogP contribution in [0.5, 0.6) is 0 Å². The minimum absolute atomic E-state index is 0.0961. The standard InChI is InChI=1S/C16H23ClN4O2/c1-11(13-5-2-6-14(17)8-13)20-16(23)21-7-3-4-12(10-21)9-19-15(18)22/h2,5-6,8,11-12H,3-4,7,9-10H2,1H3,(H,20,23)(H3,18,19,22)/t11-,12+/m0/s1. The van der Waals surface area contributed by atoms with Crippen LogP contribution in [-0.2, 0) is 0 Å². The van der Waals surface area contributed by atoms with Crippen molar-refractivity contribution in [1.82, 2.24) is 15.5 Å². The Morgan fingerprint density at radius 1 is 1.48 bits per heavy atom. The molecule has 4 N–H and O–H groups in total. The fourth-order valence-electron chi connectivity index (χ4n) is 2.80. The molecule has 0 saturated carbocycles. The van der Waals surface area contributed by atoms with E-state index >= 15 is 0 Å². The van der Waals surface area contributed by atoms with Gasteiger partial charge in [0.25, 0.3) is 0 Å². The molecule has 0 aliphatic carbocycles. The van der Waals surface area contributed by atoms with Crippen molar-refractivity contribution in [3.63, 3.8) is 0 Å². The third-order valence-corrected chi connectivity index (χ3v) is 4.29. The van der Waals surface area contributed by atoms with Gasteiger partial charge in [-0.2, -0.15) is 0 Å². The summed E-state index contributed by atoms with van der Waals surface area (Å²) >= 11 is 5.99. The van der Waals surface area contributed by atoms with Crippen molar-refractivity contribution >= 4 is 23.7 Å². The minimum atomic E-state index is -0.527. The largest absolute Gasteiger partial charge is 0.352 e. The molecule has 1 heterocycles. The van der Waals surface area contributed by atoms with Crippen LogP contribution in [0, 0.1) is 5.92 Å². The maximum absolute atomic E-state index is 12.4. The summed E-state index contributed by atoms with van der Waals surface area (Å²) in [4.78, 5) is 25.0. The van der Waals surface area contributed by atoms with Crippen molar-refractivity contribution in [2.24, 2.45) is 11.7 Å². The van der Waals surface area contributed by atoms with Crippen LogP contribution in [-0.4, -0.2) is 36.6 Å². The molecule has 2 atom stereocenters. The monoisotopic (exact) mass is 338 g/mol. The molecule has 0 radical (unpaired) electrons. The van der Waals surface area contributed by atoms with E-state index in [4.69, 9.17) is 17.3 Å². The van der Waals surface area contributed by atoms with E-state index in [2.05, 4.69) is 10.6 Å². The third kappa shape index (κ3) is 5.32. The maximum atomic E-state index is 12.4. The molecule has 1 saturated heterocycles. The number of hydrogen-bond acceptors (Lipinski definition) is 2. The number of hydrogen-bond donors (Lipinski definition) is 3. The molecule has 23 heavy (non-hydrogen) atoms. The van der Waals surface area contributed by atoms with E-state index in [1.165, 1.54) is 0 Å². The summed E-state index contributed by atoms with van der Waals surface area (Å²) < 4.78 is 0. The molecule has 7 heteroatoms. The lowest BCUT2D eigenvalue weighted by Crippen LogP contribution is -2.48. The van der Waals surface area contributed by atoms with Crippen molar-refractivity contribution in [2.45, 2.75) is 25.8 Å². The first-order valence-corrected chi connectivity index (χ1v) is 8.17. The molecule has 1 aromatic rings. The fraction of sp³-hybridized carbons (Fsp3) is 0.500. The SMILES string of the molecule is C[C@H](NC(=O)N1CCC[C@H](CNC(N)=O)C1)c1cccc(Cl)c1. The molecule has 1 fully saturated rings. The normalized spacial score (nSPS) is 19.0. The predicted molar refractivity (Wildman–Crippen MR) is 90.3 cm³/mol. The molecule has 1 aromatic carbocycles. The summed E-state index contributed by atoms with van der Waals surface area (Å²) in [5, 5.41) is 6.26. The van der Waals surface area contributed by atoms with Gasteiger partial charge in [-0.1, -0.05) is 23.7 Å². The smallest absolute Gasteiger partial charge is 0.317 e. The highest BCUT2D eigenvalue weighted by Gasteiger charge is 2.24. The van der Waals surface area contributed by atoms with Crippen LogP contribution in [0.3, 0.4) is 0 Å². The summed E-state index contributed by atoms with van der Waals surface area (Å²) in [5.74, 6) is 0.239. The first-order chi connectivity index (χ1) is 11.0. The Morgan fingerprint density at radius 3 is 2.96 bits per heavy atom. The second-order valence-corrected chi connectivity index (χ2v) is 6.36. The maximum Gasteiger partial charge on any atom is 0.317 e. The number of primary amides is 1. The van der Waals surface area contributed by atoms with Gasteiger partial charge in [0.15, 0.2) is 0 Å². The summed E-state index contributed by atoms with van der Waals surface area (Å²) in [5.41, 5.74) is 6.06. The average molecular weight is 339 g/mol. The van der Waals surface area contributed by atoms with Crippen LogP contribution >= 0.6 is 11.6 Å². The number of amides is 4. The van der Waals surface area contributed by atoms with Gasteiger partial charge < -0.3 is 21.3 Å². The van der Waals surface area contributed by atoms with Gasteiger partial charge in [-0.15, -0.1) is 0 Å². The Balaban J connectivity index is 1.88. The molecular formula is C16H23ClN4O2. The van der Waals surface area contributed by atoms with E-state index in [1.807, 2.05) is 25.1 Å². The number of carbonyl (C=O) groups is 2. The van der Waals surface area contributed by atoms with Gasteiger partial charge in [-0.25, -0.2) is 9.59 Å². The number of nitrogens with zero attached hydrogens (tertiary/aromatic N) is 1. The second-order valence-electron chi connectivity index (χ2n) is 5.93. The van der Waals surface area contributed by atoms with Crippen molar-refractivity contribution in [3.8, 4) is 0 Å². The average Bonchev–Trinajstić information content (AvgIpc) is 2.53. The van der Waals surface area contributed by atoms with Crippen LogP contribution in [0.15, 0.2) is 24.3 Å². The number of rotatable bonds is 4. The van der Waals surface area contributed by atoms with E-state index in [-0.39, 0.29) is 18.0 Å². The topological polar surface area (TPSA) is 87.5 Å². The number of carbonyl (C=O) groups excluding carboxylic acids is 2. The molecule has 6 nitrogen and oxygen atoms in total. The van der Waals surface area contributed by atoms with E-state index < -0.39 is 6.03 Å². The lowest BCUT2D eigenvalue weighted by molar-refractivity contribution is 0.162. The van der Waals surface area contributed by atoms with Crippen LogP contribution in [0.2, 0.25) is 5.02 Å². The molecule has 4 amide bonds. The van der Waals surface area contributed by atoms with Crippen LogP contribution < -0.4 is 16.4 Å². The lowest BCUT2D eigenvalue weighted by atomic mass is 9.98. The number of likely N-dealkylation sites (tertiary alicyclic amines) is 1. The summed E-state index contributed by atoms with van der Waals surface area (Å²) in [6.45, 7) is 3.78. The van der Waals surface area contributed by atoms with Crippen LogP contribution in [0.4, 0.5) is 9.59 Å². The first-order valence-electron chi connectivity index (χ1n) is 7.80. The number of benzene rings is 1. The van der Waals surface area contributed by atoms with Crippen molar-refractivity contribution in [3.05, 3.63) is 34.9 Å². The van der Waals surface area contributed by atoms with Gasteiger partial charge in [-0.05, 0) is 43.4 Å². The van der Waals surface area contributed by atoms with Gasteiger partial charge in [0.1, 0.15) is 0 Å². The quantitative estimate of drug-likeness (QED) is 0.787. The van der Waals surface area contributed by atoms with Gasteiger partial charge in [0.2, 0.25) is 0 Å². The lowest BCUT2D eigenvalue weighted by Gasteiger charge is -2.33. The van der Waals surface area contributed by atoms with Crippen molar-refractivity contribution in [1.29, 1.82) is 0 Å². The van der Waals surface area contributed by atoms with E-state index in [1.54, 1.807) is 11.0 Å². The molecule has 0 spiro atoms. The minimum Gasteiger partial charge on any atom is -0.352 e. The van der Waals surface area contributed by atoms with Gasteiger partial charge >= 0.3 is 12.1 Å². The number of halogens is 1. The predicted octanol–water partition coefficient (Wildman–Crippen LogP) is 2.49. The van der Waals surface area contributed by atoms with Crippen molar-refractivity contribution < 1.29 is 9.59 Å². The summed E-state index contributed by atoms with van der Waals surface area (Å²) in [6.07, 6.45) is 1.90. The zero-order valence-corrected chi connectivity index (χ0v) is 14.0. The molecule has 1 aliphatic rings. The molecule has 0 bridgehead atoms. The molecule has 2 rings (SSSR count). The van der Waals surface area contributed by atoms with E-state index in [0.29, 0.717) is 18.1 Å². The molecule has 0 unspecified atom stereocenters. The summed E-state index contributed by atoms with van der Waals surface area (Å²) in [6, 6.07) is 6.72. The van der Waals surface area contributed by atoms with Crippen molar-refractivity contribution in [2.75, 3.05) is 19.6 Å². The summed E-state index contributed by atoms with van der Waals surface area (Å²) in [7, 11) is 0. The zero-order valence-electron chi connectivity index (χ0n) is 13.2. The number of urea groups is 2. The third-order valence-electron chi connectivity index (χ3n) is 4.06. The molecule has 0 aromatic heterocycles. The Bertz CT molecular complexity index is 567. The highest BCUT2D eigenvalue weighted by molar-refractivity contribution is 6.30. The highest BCUT2D eigenvalue weighted by atomic mass is 35.5.